The Morgan fingerprint density at radius 2 is 1.26 bits per heavy atom. The first kappa shape index (κ1) is 26.3. The summed E-state index contributed by atoms with van der Waals surface area (Å²) in [6, 6.07) is 23.2. The third-order valence-electron chi connectivity index (χ3n) is 6.81. The normalized spacial score (nSPS) is 11.2. The van der Waals surface area contributed by atoms with Gasteiger partial charge in [-0.05, 0) is 80.3 Å². The molecule has 0 radical (unpaired) electrons. The molecule has 0 saturated heterocycles. The van der Waals surface area contributed by atoms with Crippen molar-refractivity contribution in [2.24, 2.45) is 0 Å². The van der Waals surface area contributed by atoms with E-state index in [1.54, 1.807) is 0 Å². The molecule has 4 aromatic rings. The molecule has 38 heavy (non-hydrogen) atoms. The Balaban J connectivity index is 2.08. The summed E-state index contributed by atoms with van der Waals surface area (Å²) in [6.07, 6.45) is 9.07. The second-order valence-electron chi connectivity index (χ2n) is 9.45. The first-order valence-corrected chi connectivity index (χ1v) is 12.6. The molecule has 0 heterocycles. The van der Waals surface area contributed by atoms with Crippen LogP contribution in [0.1, 0.15) is 41.7 Å². The van der Waals surface area contributed by atoms with Gasteiger partial charge in [0.05, 0.1) is 0 Å². The molecular formula is C37H33N. The van der Waals surface area contributed by atoms with E-state index < -0.39 is 0 Å². The van der Waals surface area contributed by atoms with E-state index in [-0.39, 0.29) is 0 Å². The molecule has 0 saturated carbocycles. The number of nitrogens with one attached hydrogen (secondary N) is 1. The summed E-state index contributed by atoms with van der Waals surface area (Å²) in [7, 11) is 0. The van der Waals surface area contributed by atoms with E-state index in [1.165, 1.54) is 6.21 Å². The summed E-state index contributed by atoms with van der Waals surface area (Å²) in [4.78, 5) is 0. The molecule has 1 nitrogen and oxygen atoms in total. The van der Waals surface area contributed by atoms with Crippen molar-refractivity contribution in [2.45, 2.75) is 13.8 Å². The molecule has 0 bridgehead atoms. The fourth-order valence-corrected chi connectivity index (χ4v) is 5.18. The average Bonchev–Trinajstić information content (AvgIpc) is 2.94. The number of hydrogen-bond donors (Lipinski definition) is 1. The predicted molar refractivity (Wildman–Crippen MR) is 171 cm³/mol. The number of fused-ring (bicyclic) bond motifs is 1. The molecule has 4 aromatic carbocycles. The Morgan fingerprint density at radius 3 is 1.79 bits per heavy atom. The highest BCUT2D eigenvalue weighted by molar-refractivity contribution is 6.13. The SMILES string of the molecule is C=Cc1c(C(=C)C)cccc1-c1c(C=C)c(C=C)c(-c2ccc(/C(C=N)=C/C(=C)C)cc2)c2ccccc12. The standard InChI is InChI=1S/C37H33N/c1-8-29-32(25(6)7)16-13-17-33(29)37-31(10-3)30(9-2)36(34-14-11-12-15-35(34)37)27-20-18-26(19-21-27)28(23-38)22-24(4)5/h8-23,38H,1-4,6H2,5,7H3/b28-22+,38-23?. The van der Waals surface area contributed by atoms with E-state index in [4.69, 9.17) is 5.41 Å². The second kappa shape index (κ2) is 11.1. The van der Waals surface area contributed by atoms with Crippen molar-refractivity contribution in [3.05, 3.63) is 139 Å². The zero-order valence-corrected chi connectivity index (χ0v) is 22.3. The van der Waals surface area contributed by atoms with Gasteiger partial charge in [0.15, 0.2) is 0 Å². The fourth-order valence-electron chi connectivity index (χ4n) is 5.18. The maximum atomic E-state index is 7.84. The number of allylic oxidation sites excluding steroid dienone is 4. The van der Waals surface area contributed by atoms with Crippen LogP contribution < -0.4 is 0 Å². The Hall–Kier alpha value is -4.75. The molecule has 0 fully saturated rings. The average molecular weight is 492 g/mol. The van der Waals surface area contributed by atoms with Crippen molar-refractivity contribution in [3.63, 3.8) is 0 Å². The molecule has 0 aromatic heterocycles. The van der Waals surface area contributed by atoms with Crippen LogP contribution in [0.5, 0.6) is 0 Å². The molecule has 0 aliphatic carbocycles. The maximum absolute atomic E-state index is 7.84. The van der Waals surface area contributed by atoms with Crippen molar-refractivity contribution < 1.29 is 0 Å². The minimum absolute atomic E-state index is 0.828. The summed E-state index contributed by atoms with van der Waals surface area (Å²) in [6.45, 7) is 24.7. The van der Waals surface area contributed by atoms with Crippen LogP contribution >= 0.6 is 0 Å². The van der Waals surface area contributed by atoms with Gasteiger partial charge in [-0.15, -0.1) is 0 Å². The van der Waals surface area contributed by atoms with Gasteiger partial charge in [0.1, 0.15) is 0 Å². The lowest BCUT2D eigenvalue weighted by Gasteiger charge is -2.22. The monoisotopic (exact) mass is 491 g/mol. The molecular weight excluding hydrogens is 458 g/mol. The minimum Gasteiger partial charge on any atom is -0.308 e. The topological polar surface area (TPSA) is 23.9 Å². The third kappa shape index (κ3) is 4.67. The lowest BCUT2D eigenvalue weighted by atomic mass is 9.81. The Morgan fingerprint density at radius 1 is 0.684 bits per heavy atom. The summed E-state index contributed by atoms with van der Waals surface area (Å²) in [5.41, 5.74) is 12.3. The van der Waals surface area contributed by atoms with E-state index in [9.17, 15) is 0 Å². The highest BCUT2D eigenvalue weighted by Crippen LogP contribution is 2.45. The Labute approximate surface area is 226 Å². The van der Waals surface area contributed by atoms with Crippen LogP contribution in [-0.2, 0) is 0 Å². The van der Waals surface area contributed by atoms with Crippen LogP contribution in [0.15, 0.2) is 111 Å². The van der Waals surface area contributed by atoms with Crippen LogP contribution in [0, 0.1) is 5.41 Å². The first-order valence-electron chi connectivity index (χ1n) is 12.6. The van der Waals surface area contributed by atoms with Gasteiger partial charge >= 0.3 is 0 Å². The molecule has 0 unspecified atom stereocenters. The van der Waals surface area contributed by atoms with Crippen LogP contribution in [-0.4, -0.2) is 6.21 Å². The van der Waals surface area contributed by atoms with Gasteiger partial charge < -0.3 is 5.41 Å². The smallest absolute Gasteiger partial charge is 0.0256 e. The number of hydrogen-bond acceptors (Lipinski definition) is 1. The molecule has 0 amide bonds. The molecule has 0 aliphatic rings. The van der Waals surface area contributed by atoms with Gasteiger partial charge in [0.25, 0.3) is 0 Å². The summed E-state index contributed by atoms with van der Waals surface area (Å²) < 4.78 is 0. The molecule has 0 spiro atoms. The largest absolute Gasteiger partial charge is 0.308 e. The summed E-state index contributed by atoms with van der Waals surface area (Å²) in [5.74, 6) is 0. The highest BCUT2D eigenvalue weighted by Gasteiger charge is 2.20. The van der Waals surface area contributed by atoms with Crippen LogP contribution in [0.25, 0.3) is 62.4 Å². The third-order valence-corrected chi connectivity index (χ3v) is 6.81. The zero-order valence-electron chi connectivity index (χ0n) is 22.3. The fraction of sp³-hybridized carbons (Fsp3) is 0.0541. The predicted octanol–water partition coefficient (Wildman–Crippen LogP) is 10.7. The van der Waals surface area contributed by atoms with E-state index in [0.717, 1.165) is 77.6 Å². The highest BCUT2D eigenvalue weighted by atomic mass is 14.3. The molecule has 0 aliphatic heterocycles. The van der Waals surface area contributed by atoms with Gasteiger partial charge in [0.2, 0.25) is 0 Å². The quantitative estimate of drug-likeness (QED) is 0.178. The number of rotatable bonds is 9. The van der Waals surface area contributed by atoms with Crippen LogP contribution in [0.3, 0.4) is 0 Å². The van der Waals surface area contributed by atoms with Gasteiger partial charge in [-0.25, -0.2) is 0 Å². The Bertz CT molecular complexity index is 1660. The van der Waals surface area contributed by atoms with Gasteiger partial charge in [-0.1, -0.05) is 135 Å². The second-order valence-corrected chi connectivity index (χ2v) is 9.45. The van der Waals surface area contributed by atoms with Crippen LogP contribution in [0.2, 0.25) is 0 Å². The van der Waals surface area contributed by atoms with Gasteiger partial charge in [-0.3, -0.25) is 0 Å². The minimum atomic E-state index is 0.828. The van der Waals surface area contributed by atoms with Crippen molar-refractivity contribution >= 4 is 46.4 Å². The molecule has 1 N–H and O–H groups in total. The Kier molecular flexibility index (Phi) is 7.69. The van der Waals surface area contributed by atoms with Crippen LogP contribution in [0.4, 0.5) is 0 Å². The zero-order chi connectivity index (χ0) is 27.4. The van der Waals surface area contributed by atoms with E-state index in [2.05, 4.69) is 99.6 Å². The summed E-state index contributed by atoms with van der Waals surface area (Å²) in [5, 5.41) is 10.1. The molecule has 186 valence electrons. The molecule has 1 heteroatoms. The van der Waals surface area contributed by atoms with E-state index >= 15 is 0 Å². The van der Waals surface area contributed by atoms with Gasteiger partial charge in [0, 0.05) is 6.21 Å². The number of benzene rings is 4. The van der Waals surface area contributed by atoms with E-state index in [1.807, 2.05) is 38.2 Å². The van der Waals surface area contributed by atoms with Crippen molar-refractivity contribution in [3.8, 4) is 22.3 Å². The lowest BCUT2D eigenvalue weighted by Crippen LogP contribution is -1.98. The van der Waals surface area contributed by atoms with Crippen molar-refractivity contribution in [1.82, 2.24) is 0 Å². The molecule has 0 atom stereocenters. The lowest BCUT2D eigenvalue weighted by molar-refractivity contribution is 1.51. The first-order chi connectivity index (χ1) is 18.4. The summed E-state index contributed by atoms with van der Waals surface area (Å²) >= 11 is 0. The van der Waals surface area contributed by atoms with E-state index in [0.29, 0.717) is 0 Å². The maximum Gasteiger partial charge on any atom is 0.0256 e. The van der Waals surface area contributed by atoms with Crippen molar-refractivity contribution in [1.29, 1.82) is 5.41 Å². The van der Waals surface area contributed by atoms with Crippen molar-refractivity contribution in [2.75, 3.05) is 0 Å². The molecule has 4 rings (SSSR count). The van der Waals surface area contributed by atoms with Gasteiger partial charge in [-0.2, -0.15) is 0 Å².